The summed E-state index contributed by atoms with van der Waals surface area (Å²) in [5, 5.41) is 19.7. The molecule has 17 heavy (non-hydrogen) atoms. The van der Waals surface area contributed by atoms with E-state index in [1.54, 1.807) is 0 Å². The summed E-state index contributed by atoms with van der Waals surface area (Å²) in [5.74, 6) is -2.69. The number of carboxylic acid groups (broad SMARTS) is 1. The highest BCUT2D eigenvalue weighted by Gasteiger charge is 2.54. The Morgan fingerprint density at radius 3 is 2.41 bits per heavy atom. The van der Waals surface area contributed by atoms with E-state index < -0.39 is 29.3 Å². The van der Waals surface area contributed by atoms with Crippen molar-refractivity contribution in [2.45, 2.75) is 44.1 Å². The molecule has 0 aromatic heterocycles. The average Bonchev–Trinajstić information content (AvgIpc) is 2.28. The number of hydrogen-bond donors (Lipinski definition) is 3. The molecule has 2 aliphatic rings. The molecule has 0 saturated heterocycles. The summed E-state index contributed by atoms with van der Waals surface area (Å²) in [7, 11) is 0. The highest BCUT2D eigenvalue weighted by Crippen LogP contribution is 2.48. The standard InChI is InChI=1S/C12H19NO4/c13-11(16)12(17)6-2-4-7-3-1-5-8(9(7)12)10(14)15/h7-9,17H,1-6H2,(H2,13,16)(H,14,15). The Hall–Kier alpha value is -1.10. The largest absolute Gasteiger partial charge is 0.481 e. The van der Waals surface area contributed by atoms with Crippen LogP contribution in [-0.4, -0.2) is 27.7 Å². The van der Waals surface area contributed by atoms with Crippen molar-refractivity contribution < 1.29 is 19.8 Å². The Morgan fingerprint density at radius 2 is 1.82 bits per heavy atom. The minimum Gasteiger partial charge on any atom is -0.481 e. The third-order valence-electron chi connectivity index (χ3n) is 4.46. The molecule has 0 spiro atoms. The molecule has 2 fully saturated rings. The highest BCUT2D eigenvalue weighted by molar-refractivity contribution is 5.85. The minimum absolute atomic E-state index is 0.121. The number of aliphatic carboxylic acids is 1. The van der Waals surface area contributed by atoms with Crippen molar-refractivity contribution in [3.63, 3.8) is 0 Å². The van der Waals surface area contributed by atoms with Gasteiger partial charge in [0.2, 0.25) is 5.91 Å². The van der Waals surface area contributed by atoms with Crippen molar-refractivity contribution in [1.82, 2.24) is 0 Å². The van der Waals surface area contributed by atoms with Crippen molar-refractivity contribution in [2.75, 3.05) is 0 Å². The zero-order valence-corrected chi connectivity index (χ0v) is 9.76. The molecule has 2 aliphatic carbocycles. The van der Waals surface area contributed by atoms with Crippen molar-refractivity contribution in [3.8, 4) is 0 Å². The summed E-state index contributed by atoms with van der Waals surface area (Å²) < 4.78 is 0. The zero-order chi connectivity index (χ0) is 12.6. The molecular formula is C12H19NO4. The molecule has 2 saturated carbocycles. The van der Waals surface area contributed by atoms with Crippen molar-refractivity contribution in [1.29, 1.82) is 0 Å². The first-order chi connectivity index (χ1) is 7.97. The molecule has 5 nitrogen and oxygen atoms in total. The number of hydrogen-bond acceptors (Lipinski definition) is 3. The van der Waals surface area contributed by atoms with Gasteiger partial charge >= 0.3 is 5.97 Å². The van der Waals surface area contributed by atoms with E-state index in [1.807, 2.05) is 0 Å². The lowest BCUT2D eigenvalue weighted by atomic mass is 9.58. The van der Waals surface area contributed by atoms with Crippen LogP contribution in [0.1, 0.15) is 38.5 Å². The van der Waals surface area contributed by atoms with Gasteiger partial charge in [-0.05, 0) is 31.6 Å². The highest BCUT2D eigenvalue weighted by atomic mass is 16.4. The molecule has 4 atom stereocenters. The smallest absolute Gasteiger partial charge is 0.306 e. The van der Waals surface area contributed by atoms with Crippen molar-refractivity contribution >= 4 is 11.9 Å². The van der Waals surface area contributed by atoms with Crippen LogP contribution in [0.5, 0.6) is 0 Å². The first-order valence-electron chi connectivity index (χ1n) is 6.22. The molecule has 0 bridgehead atoms. The third kappa shape index (κ3) is 1.92. The van der Waals surface area contributed by atoms with Gasteiger partial charge in [0.1, 0.15) is 5.60 Å². The number of aliphatic hydroxyl groups is 1. The Balaban J connectivity index is 2.34. The summed E-state index contributed by atoms with van der Waals surface area (Å²) in [4.78, 5) is 22.7. The van der Waals surface area contributed by atoms with E-state index in [0.29, 0.717) is 12.8 Å². The maximum absolute atomic E-state index is 11.5. The van der Waals surface area contributed by atoms with Gasteiger partial charge < -0.3 is 15.9 Å². The fraction of sp³-hybridized carbons (Fsp3) is 0.833. The molecule has 0 aromatic rings. The number of amides is 1. The number of rotatable bonds is 2. The first kappa shape index (κ1) is 12.4. The Labute approximate surface area is 100.0 Å². The van der Waals surface area contributed by atoms with E-state index in [-0.39, 0.29) is 5.92 Å². The van der Waals surface area contributed by atoms with E-state index in [0.717, 1.165) is 25.7 Å². The fourth-order valence-electron chi connectivity index (χ4n) is 3.70. The van der Waals surface area contributed by atoms with Gasteiger partial charge in [-0.2, -0.15) is 0 Å². The topological polar surface area (TPSA) is 101 Å². The molecule has 0 aromatic carbocycles. The number of primary amides is 1. The number of carbonyl (C=O) groups is 2. The quantitative estimate of drug-likeness (QED) is 0.655. The Bertz CT molecular complexity index is 341. The fourth-order valence-corrected chi connectivity index (χ4v) is 3.70. The number of carbonyl (C=O) groups excluding carboxylic acids is 1. The molecule has 1 amide bonds. The Morgan fingerprint density at radius 1 is 1.18 bits per heavy atom. The Kier molecular flexibility index (Phi) is 3.12. The molecule has 96 valence electrons. The molecule has 4 unspecified atom stereocenters. The minimum atomic E-state index is -1.62. The van der Waals surface area contributed by atoms with E-state index in [4.69, 9.17) is 5.73 Å². The monoisotopic (exact) mass is 241 g/mol. The van der Waals surface area contributed by atoms with Gasteiger partial charge in [-0.1, -0.05) is 12.8 Å². The van der Waals surface area contributed by atoms with E-state index in [1.165, 1.54) is 0 Å². The lowest BCUT2D eigenvalue weighted by Crippen LogP contribution is -2.59. The number of fused-ring (bicyclic) bond motifs is 1. The van der Waals surface area contributed by atoms with Crippen LogP contribution in [0.25, 0.3) is 0 Å². The SMILES string of the molecule is NC(=O)C1(O)CCCC2CCCC(C(=O)O)C21. The van der Waals surface area contributed by atoms with E-state index >= 15 is 0 Å². The van der Waals surface area contributed by atoms with Gasteiger partial charge in [-0.3, -0.25) is 9.59 Å². The molecule has 0 radical (unpaired) electrons. The van der Waals surface area contributed by atoms with Crippen molar-refractivity contribution in [2.24, 2.45) is 23.5 Å². The average molecular weight is 241 g/mol. The van der Waals surface area contributed by atoms with Gasteiger partial charge in [0.15, 0.2) is 0 Å². The van der Waals surface area contributed by atoms with Crippen LogP contribution in [0.4, 0.5) is 0 Å². The van der Waals surface area contributed by atoms with Gasteiger partial charge in [0, 0.05) is 5.92 Å². The van der Waals surface area contributed by atoms with Crippen LogP contribution in [-0.2, 0) is 9.59 Å². The second kappa shape index (κ2) is 4.29. The molecule has 5 heteroatoms. The van der Waals surface area contributed by atoms with Gasteiger partial charge in [-0.15, -0.1) is 0 Å². The lowest BCUT2D eigenvalue weighted by molar-refractivity contribution is -0.170. The molecule has 0 aliphatic heterocycles. The summed E-state index contributed by atoms with van der Waals surface area (Å²) >= 11 is 0. The summed E-state index contributed by atoms with van der Waals surface area (Å²) in [6.45, 7) is 0. The van der Waals surface area contributed by atoms with E-state index in [2.05, 4.69) is 0 Å². The second-order valence-electron chi connectivity index (χ2n) is 5.34. The second-order valence-corrected chi connectivity index (χ2v) is 5.34. The van der Waals surface area contributed by atoms with Crippen molar-refractivity contribution in [3.05, 3.63) is 0 Å². The zero-order valence-electron chi connectivity index (χ0n) is 9.76. The molecule has 0 heterocycles. The van der Waals surface area contributed by atoms with Gasteiger partial charge in [0.25, 0.3) is 0 Å². The number of carboxylic acids is 1. The van der Waals surface area contributed by atoms with Crippen LogP contribution < -0.4 is 5.73 Å². The van der Waals surface area contributed by atoms with Crippen LogP contribution in [0, 0.1) is 17.8 Å². The molecule has 2 rings (SSSR count). The maximum Gasteiger partial charge on any atom is 0.306 e. The molecule has 4 N–H and O–H groups in total. The predicted molar refractivity (Wildman–Crippen MR) is 60.0 cm³/mol. The summed E-state index contributed by atoms with van der Waals surface area (Å²) in [6, 6.07) is 0. The molecular weight excluding hydrogens is 222 g/mol. The van der Waals surface area contributed by atoms with Crippen LogP contribution in [0.15, 0.2) is 0 Å². The maximum atomic E-state index is 11.5. The van der Waals surface area contributed by atoms with Crippen LogP contribution >= 0.6 is 0 Å². The normalized spacial score (nSPS) is 41.6. The van der Waals surface area contributed by atoms with Crippen LogP contribution in [0.3, 0.4) is 0 Å². The first-order valence-corrected chi connectivity index (χ1v) is 6.22. The third-order valence-corrected chi connectivity index (χ3v) is 4.46. The lowest BCUT2D eigenvalue weighted by Gasteiger charge is -2.48. The summed E-state index contributed by atoms with van der Waals surface area (Å²) in [5.41, 5.74) is 3.67. The van der Waals surface area contributed by atoms with Crippen LogP contribution in [0.2, 0.25) is 0 Å². The van der Waals surface area contributed by atoms with Gasteiger partial charge in [0.05, 0.1) is 5.92 Å². The summed E-state index contributed by atoms with van der Waals surface area (Å²) in [6.07, 6.45) is 4.22. The van der Waals surface area contributed by atoms with E-state index in [9.17, 15) is 19.8 Å². The van der Waals surface area contributed by atoms with Gasteiger partial charge in [-0.25, -0.2) is 0 Å². The predicted octanol–water partition coefficient (Wildman–Crippen LogP) is 0.504. The number of nitrogens with two attached hydrogens (primary N) is 1.